The van der Waals surface area contributed by atoms with Crippen LogP contribution in [0, 0.1) is 0 Å². The number of piperidine rings is 1. The molecule has 0 N–H and O–H groups in total. The summed E-state index contributed by atoms with van der Waals surface area (Å²) in [5.74, 6) is 0.895. The molecule has 0 spiro atoms. The second-order valence-corrected chi connectivity index (χ2v) is 8.86. The Morgan fingerprint density at radius 1 is 0.969 bits per heavy atom. The van der Waals surface area contributed by atoms with Crippen LogP contribution in [0.15, 0.2) is 72.8 Å². The van der Waals surface area contributed by atoms with Crippen molar-refractivity contribution in [1.29, 1.82) is 0 Å². The topological polar surface area (TPSA) is 51.7 Å². The SMILES string of the molecule is COc1ccc2nc(OC3CCN(C(=O)c4ccc(-c5ccccc5)cc4)CC3)sc2c1. The van der Waals surface area contributed by atoms with Crippen LogP contribution in [0.1, 0.15) is 23.2 Å². The zero-order chi connectivity index (χ0) is 21.9. The molecule has 6 heteroatoms. The molecule has 3 aromatic carbocycles. The molecule has 32 heavy (non-hydrogen) atoms. The molecule has 0 saturated carbocycles. The first-order chi connectivity index (χ1) is 15.7. The average Bonchev–Trinajstić information content (AvgIpc) is 3.26. The predicted octanol–water partition coefficient (Wildman–Crippen LogP) is 5.66. The summed E-state index contributed by atoms with van der Waals surface area (Å²) in [6.07, 6.45) is 1.67. The number of thiazole rings is 1. The van der Waals surface area contributed by atoms with Crippen LogP contribution in [0.3, 0.4) is 0 Å². The van der Waals surface area contributed by atoms with E-state index in [1.165, 1.54) is 11.3 Å². The summed E-state index contributed by atoms with van der Waals surface area (Å²) in [6, 6.07) is 23.9. The summed E-state index contributed by atoms with van der Waals surface area (Å²) in [7, 11) is 1.66. The normalized spacial score (nSPS) is 14.5. The van der Waals surface area contributed by atoms with E-state index in [2.05, 4.69) is 17.1 Å². The number of carbonyl (C=O) groups is 1. The molecule has 1 aromatic heterocycles. The standard InChI is InChI=1S/C26H24N2O3S/c1-30-22-11-12-23-24(17-22)32-26(27-23)31-21-13-15-28(16-14-21)25(29)20-9-7-19(8-10-20)18-5-3-2-4-6-18/h2-12,17,21H,13-16H2,1H3. The van der Waals surface area contributed by atoms with E-state index in [4.69, 9.17) is 9.47 Å². The molecule has 1 saturated heterocycles. The van der Waals surface area contributed by atoms with Crippen LogP contribution in [0.2, 0.25) is 0 Å². The minimum absolute atomic E-state index is 0.0713. The highest BCUT2D eigenvalue weighted by atomic mass is 32.1. The number of likely N-dealkylation sites (tertiary alicyclic amines) is 1. The Labute approximate surface area is 191 Å². The first kappa shape index (κ1) is 20.5. The van der Waals surface area contributed by atoms with E-state index in [1.54, 1.807) is 7.11 Å². The van der Waals surface area contributed by atoms with Crippen molar-refractivity contribution in [3.05, 3.63) is 78.4 Å². The van der Waals surface area contributed by atoms with Crippen LogP contribution >= 0.6 is 11.3 Å². The third-order valence-electron chi connectivity index (χ3n) is 5.81. The number of benzene rings is 3. The molecule has 1 aliphatic rings. The van der Waals surface area contributed by atoms with Gasteiger partial charge in [-0.1, -0.05) is 53.8 Å². The quantitative estimate of drug-likeness (QED) is 0.399. The zero-order valence-electron chi connectivity index (χ0n) is 17.9. The highest BCUT2D eigenvalue weighted by molar-refractivity contribution is 7.20. The number of rotatable bonds is 5. The van der Waals surface area contributed by atoms with E-state index < -0.39 is 0 Å². The maximum Gasteiger partial charge on any atom is 0.274 e. The van der Waals surface area contributed by atoms with Crippen LogP contribution in [0.5, 0.6) is 10.9 Å². The number of ether oxygens (including phenoxy) is 2. The van der Waals surface area contributed by atoms with Gasteiger partial charge in [-0.15, -0.1) is 0 Å². The fraction of sp³-hybridized carbons (Fsp3) is 0.231. The van der Waals surface area contributed by atoms with Crippen LogP contribution < -0.4 is 9.47 Å². The molecule has 1 aliphatic heterocycles. The fourth-order valence-electron chi connectivity index (χ4n) is 4.00. The summed E-state index contributed by atoms with van der Waals surface area (Å²) in [5, 5.41) is 0.675. The lowest BCUT2D eigenvalue weighted by atomic mass is 10.0. The average molecular weight is 445 g/mol. The highest BCUT2D eigenvalue weighted by Crippen LogP contribution is 2.32. The van der Waals surface area contributed by atoms with Crippen LogP contribution in [0.25, 0.3) is 21.3 Å². The second-order valence-electron chi connectivity index (χ2n) is 7.87. The van der Waals surface area contributed by atoms with Crippen molar-refractivity contribution in [1.82, 2.24) is 9.88 Å². The first-order valence-corrected chi connectivity index (χ1v) is 11.6. The number of carbonyl (C=O) groups excluding carboxylic acids is 1. The molecule has 0 radical (unpaired) electrons. The molecule has 1 amide bonds. The number of nitrogens with zero attached hydrogens (tertiary/aromatic N) is 2. The van der Waals surface area contributed by atoms with Crippen LogP contribution in [-0.2, 0) is 0 Å². The van der Waals surface area contributed by atoms with Gasteiger partial charge in [0.15, 0.2) is 0 Å². The van der Waals surface area contributed by atoms with E-state index in [1.807, 2.05) is 65.6 Å². The minimum atomic E-state index is 0.0713. The Morgan fingerprint density at radius 2 is 1.69 bits per heavy atom. The molecule has 2 heterocycles. The highest BCUT2D eigenvalue weighted by Gasteiger charge is 2.25. The summed E-state index contributed by atoms with van der Waals surface area (Å²) >= 11 is 1.53. The lowest BCUT2D eigenvalue weighted by Gasteiger charge is -2.31. The van der Waals surface area contributed by atoms with Gasteiger partial charge in [0, 0.05) is 31.5 Å². The van der Waals surface area contributed by atoms with Gasteiger partial charge < -0.3 is 14.4 Å². The molecule has 0 bridgehead atoms. The van der Waals surface area contributed by atoms with Crippen molar-refractivity contribution in [3.63, 3.8) is 0 Å². The van der Waals surface area contributed by atoms with Gasteiger partial charge in [0.05, 0.1) is 17.3 Å². The van der Waals surface area contributed by atoms with Gasteiger partial charge in [0.25, 0.3) is 11.1 Å². The molecule has 162 valence electrons. The number of amides is 1. The summed E-state index contributed by atoms with van der Waals surface area (Å²) in [6.45, 7) is 1.37. The Morgan fingerprint density at radius 3 is 2.41 bits per heavy atom. The fourth-order valence-corrected chi connectivity index (χ4v) is 4.91. The number of fused-ring (bicyclic) bond motifs is 1. The largest absolute Gasteiger partial charge is 0.497 e. The van der Waals surface area contributed by atoms with Gasteiger partial charge in [-0.2, -0.15) is 0 Å². The van der Waals surface area contributed by atoms with E-state index in [-0.39, 0.29) is 12.0 Å². The van der Waals surface area contributed by atoms with Gasteiger partial charge in [-0.3, -0.25) is 4.79 Å². The molecule has 1 fully saturated rings. The Kier molecular flexibility index (Phi) is 5.77. The summed E-state index contributed by atoms with van der Waals surface area (Å²) < 4.78 is 12.5. The lowest BCUT2D eigenvalue weighted by Crippen LogP contribution is -2.41. The second kappa shape index (κ2) is 9.01. The van der Waals surface area contributed by atoms with Crippen molar-refractivity contribution in [2.45, 2.75) is 18.9 Å². The smallest absolute Gasteiger partial charge is 0.274 e. The van der Waals surface area contributed by atoms with Gasteiger partial charge >= 0.3 is 0 Å². The summed E-state index contributed by atoms with van der Waals surface area (Å²) in [5.41, 5.74) is 3.90. The Bertz CT molecular complexity index is 1210. The van der Waals surface area contributed by atoms with Crippen molar-refractivity contribution < 1.29 is 14.3 Å². The molecule has 0 unspecified atom stereocenters. The van der Waals surface area contributed by atoms with Gasteiger partial charge in [-0.25, -0.2) is 4.98 Å². The third kappa shape index (κ3) is 4.32. The molecular weight excluding hydrogens is 420 g/mol. The molecular formula is C26H24N2O3S. The molecule has 4 aromatic rings. The minimum Gasteiger partial charge on any atom is -0.497 e. The lowest BCUT2D eigenvalue weighted by molar-refractivity contribution is 0.0595. The number of hydrogen-bond acceptors (Lipinski definition) is 5. The van der Waals surface area contributed by atoms with Crippen molar-refractivity contribution in [2.75, 3.05) is 20.2 Å². The number of aromatic nitrogens is 1. The number of hydrogen-bond donors (Lipinski definition) is 0. The monoisotopic (exact) mass is 444 g/mol. The van der Waals surface area contributed by atoms with Crippen LogP contribution in [-0.4, -0.2) is 42.1 Å². The molecule has 5 nitrogen and oxygen atoms in total. The van der Waals surface area contributed by atoms with Crippen molar-refractivity contribution in [2.24, 2.45) is 0 Å². The van der Waals surface area contributed by atoms with Crippen LogP contribution in [0.4, 0.5) is 0 Å². The van der Waals surface area contributed by atoms with Gasteiger partial charge in [0.2, 0.25) is 0 Å². The van der Waals surface area contributed by atoms with Gasteiger partial charge in [-0.05, 0) is 41.5 Å². The van der Waals surface area contributed by atoms with Crippen molar-refractivity contribution >= 4 is 27.5 Å². The van der Waals surface area contributed by atoms with Crippen molar-refractivity contribution in [3.8, 4) is 22.1 Å². The summed E-state index contributed by atoms with van der Waals surface area (Å²) in [4.78, 5) is 19.4. The third-order valence-corrected chi connectivity index (χ3v) is 6.72. The van der Waals surface area contributed by atoms with Gasteiger partial charge in [0.1, 0.15) is 11.9 Å². The van der Waals surface area contributed by atoms with E-state index in [0.29, 0.717) is 18.3 Å². The first-order valence-electron chi connectivity index (χ1n) is 10.8. The Balaban J connectivity index is 1.18. The predicted molar refractivity (Wildman–Crippen MR) is 128 cm³/mol. The maximum absolute atomic E-state index is 13.0. The Hall–Kier alpha value is -3.38. The maximum atomic E-state index is 13.0. The van der Waals surface area contributed by atoms with E-state index >= 15 is 0 Å². The molecule has 0 aliphatic carbocycles. The zero-order valence-corrected chi connectivity index (χ0v) is 18.7. The van der Waals surface area contributed by atoms with E-state index in [0.717, 1.165) is 45.5 Å². The molecule has 0 atom stereocenters. The van der Waals surface area contributed by atoms with E-state index in [9.17, 15) is 4.79 Å². The number of methoxy groups -OCH3 is 1. The molecule has 5 rings (SSSR count).